The summed E-state index contributed by atoms with van der Waals surface area (Å²) < 4.78 is 0. The van der Waals surface area contributed by atoms with Gasteiger partial charge in [-0.2, -0.15) is 0 Å². The Kier molecular flexibility index (Phi) is 6.13. The van der Waals surface area contributed by atoms with Crippen molar-refractivity contribution in [3.63, 3.8) is 0 Å². The molecule has 0 radical (unpaired) electrons. The van der Waals surface area contributed by atoms with Crippen LogP contribution in [0.3, 0.4) is 0 Å². The Labute approximate surface area is 151 Å². The van der Waals surface area contributed by atoms with E-state index in [4.69, 9.17) is 5.73 Å². The van der Waals surface area contributed by atoms with E-state index < -0.39 is 0 Å². The van der Waals surface area contributed by atoms with Crippen molar-refractivity contribution >= 4 is 47.0 Å². The largest absolute Gasteiger partial charge is 0.370 e. The van der Waals surface area contributed by atoms with Gasteiger partial charge in [0, 0.05) is 5.69 Å². The van der Waals surface area contributed by atoms with Crippen LogP contribution in [0.2, 0.25) is 0 Å². The van der Waals surface area contributed by atoms with Gasteiger partial charge < -0.3 is 11.1 Å². The first-order valence-electron chi connectivity index (χ1n) is 7.24. The molecular weight excluding hydrogens is 409 g/mol. The maximum Gasteiger partial charge on any atom is 0.193 e. The lowest BCUT2D eigenvalue weighted by atomic mass is 10.1. The van der Waals surface area contributed by atoms with Crippen molar-refractivity contribution in [3.8, 4) is 0 Å². The maximum absolute atomic E-state index is 5.93. The summed E-state index contributed by atoms with van der Waals surface area (Å²) in [6.45, 7) is 2.54. The Bertz CT molecular complexity index is 668. The highest BCUT2D eigenvalue weighted by molar-refractivity contribution is 14.0. The number of anilines is 1. The quantitative estimate of drug-likeness (QED) is 0.445. The first-order chi connectivity index (χ1) is 10.2. The van der Waals surface area contributed by atoms with E-state index in [-0.39, 0.29) is 24.0 Å². The number of aryl methyl sites for hydroxylation is 3. The van der Waals surface area contributed by atoms with Crippen LogP contribution in [-0.2, 0) is 25.8 Å². The number of aromatic nitrogens is 2. The first kappa shape index (κ1) is 17.1. The second-order valence-corrected chi connectivity index (χ2v) is 6.25. The zero-order valence-electron chi connectivity index (χ0n) is 12.5. The highest BCUT2D eigenvalue weighted by Gasteiger charge is 2.10. The third kappa shape index (κ3) is 4.16. The van der Waals surface area contributed by atoms with Crippen LogP contribution in [0.15, 0.2) is 23.2 Å². The second kappa shape index (κ2) is 7.87. The fourth-order valence-corrected chi connectivity index (χ4v) is 3.19. The molecule has 0 aliphatic heterocycles. The van der Waals surface area contributed by atoms with Crippen LogP contribution in [-0.4, -0.2) is 16.2 Å². The molecule has 7 heteroatoms. The molecule has 2 aromatic rings. The van der Waals surface area contributed by atoms with Gasteiger partial charge in [-0.3, -0.25) is 0 Å². The van der Waals surface area contributed by atoms with Gasteiger partial charge in [0.2, 0.25) is 0 Å². The Morgan fingerprint density at radius 3 is 2.82 bits per heavy atom. The molecule has 1 aromatic heterocycles. The number of hydrogen-bond donors (Lipinski definition) is 2. The minimum Gasteiger partial charge on any atom is -0.370 e. The lowest BCUT2D eigenvalue weighted by Crippen LogP contribution is -2.22. The van der Waals surface area contributed by atoms with Gasteiger partial charge in [-0.05, 0) is 48.9 Å². The summed E-state index contributed by atoms with van der Waals surface area (Å²) >= 11 is 1.58. The van der Waals surface area contributed by atoms with E-state index in [0.717, 1.165) is 28.5 Å². The van der Waals surface area contributed by atoms with Crippen molar-refractivity contribution in [2.45, 2.75) is 39.2 Å². The van der Waals surface area contributed by atoms with Gasteiger partial charge in [0.05, 0.1) is 6.54 Å². The molecule has 3 rings (SSSR count). The van der Waals surface area contributed by atoms with Crippen molar-refractivity contribution in [2.75, 3.05) is 5.32 Å². The molecule has 22 heavy (non-hydrogen) atoms. The van der Waals surface area contributed by atoms with Crippen molar-refractivity contribution in [1.82, 2.24) is 10.2 Å². The number of aliphatic imine (C=N–C) groups is 1. The van der Waals surface area contributed by atoms with E-state index in [1.807, 2.05) is 0 Å². The van der Waals surface area contributed by atoms with E-state index >= 15 is 0 Å². The number of nitrogens with one attached hydrogen (secondary N) is 1. The normalized spacial score (nSPS) is 13.6. The summed E-state index contributed by atoms with van der Waals surface area (Å²) in [4.78, 5) is 4.32. The maximum atomic E-state index is 5.93. The minimum absolute atomic E-state index is 0. The van der Waals surface area contributed by atoms with Crippen molar-refractivity contribution in [2.24, 2.45) is 10.7 Å². The molecule has 0 fully saturated rings. The van der Waals surface area contributed by atoms with E-state index in [0.29, 0.717) is 12.5 Å². The van der Waals surface area contributed by atoms with Crippen LogP contribution in [0.4, 0.5) is 5.69 Å². The summed E-state index contributed by atoms with van der Waals surface area (Å²) in [7, 11) is 0. The minimum atomic E-state index is 0. The van der Waals surface area contributed by atoms with Crippen LogP contribution in [0, 0.1) is 0 Å². The van der Waals surface area contributed by atoms with Crippen molar-refractivity contribution in [3.05, 3.63) is 39.3 Å². The number of nitrogens with zero attached hydrogens (tertiary/aromatic N) is 3. The third-order valence-corrected chi connectivity index (χ3v) is 4.62. The summed E-state index contributed by atoms with van der Waals surface area (Å²) in [5.74, 6) is 0.418. The molecule has 5 nitrogen and oxygen atoms in total. The lowest BCUT2D eigenvalue weighted by Gasteiger charge is -2.07. The number of rotatable bonds is 4. The predicted molar refractivity (Wildman–Crippen MR) is 102 cm³/mol. The zero-order chi connectivity index (χ0) is 14.7. The predicted octanol–water partition coefficient (Wildman–Crippen LogP) is 3.13. The number of hydrogen-bond acceptors (Lipinski definition) is 4. The van der Waals surface area contributed by atoms with Gasteiger partial charge >= 0.3 is 0 Å². The number of fused-ring (bicyclic) bond motifs is 1. The fourth-order valence-electron chi connectivity index (χ4n) is 2.48. The smallest absolute Gasteiger partial charge is 0.193 e. The van der Waals surface area contributed by atoms with Crippen LogP contribution in [0.5, 0.6) is 0 Å². The highest BCUT2D eigenvalue weighted by Crippen LogP contribution is 2.24. The average molecular weight is 429 g/mol. The lowest BCUT2D eigenvalue weighted by molar-refractivity contribution is 0.912. The fraction of sp³-hybridized carbons (Fsp3) is 0.400. The molecule has 118 valence electrons. The van der Waals surface area contributed by atoms with E-state index in [2.05, 4.69) is 45.6 Å². The molecule has 1 aliphatic carbocycles. The highest BCUT2D eigenvalue weighted by atomic mass is 127. The number of nitrogens with two attached hydrogens (primary N) is 1. The van der Waals surface area contributed by atoms with Crippen LogP contribution >= 0.6 is 35.3 Å². The van der Waals surface area contributed by atoms with Gasteiger partial charge in [0.15, 0.2) is 5.96 Å². The molecule has 0 amide bonds. The first-order valence-corrected chi connectivity index (χ1v) is 8.06. The molecule has 3 N–H and O–H groups in total. The van der Waals surface area contributed by atoms with Crippen LogP contribution in [0.25, 0.3) is 0 Å². The van der Waals surface area contributed by atoms with Crippen LogP contribution in [0.1, 0.15) is 34.5 Å². The molecular formula is C15H20IN5S. The molecule has 1 heterocycles. The van der Waals surface area contributed by atoms with Gasteiger partial charge in [-0.1, -0.05) is 24.3 Å². The number of guanidine groups is 1. The van der Waals surface area contributed by atoms with Gasteiger partial charge in [0.1, 0.15) is 10.0 Å². The Hall–Kier alpha value is -1.22. The van der Waals surface area contributed by atoms with Crippen LogP contribution < -0.4 is 11.1 Å². The van der Waals surface area contributed by atoms with Gasteiger partial charge in [0.25, 0.3) is 0 Å². The summed E-state index contributed by atoms with van der Waals surface area (Å²) in [5, 5.41) is 13.2. The molecule has 1 aromatic carbocycles. The second-order valence-electron chi connectivity index (χ2n) is 5.11. The Morgan fingerprint density at radius 2 is 2.05 bits per heavy atom. The summed E-state index contributed by atoms with van der Waals surface area (Å²) in [6.07, 6.45) is 4.51. The van der Waals surface area contributed by atoms with Crippen molar-refractivity contribution in [1.29, 1.82) is 0 Å². The average Bonchev–Trinajstić information content (AvgIpc) is 3.13. The number of halogens is 1. The van der Waals surface area contributed by atoms with Crippen molar-refractivity contribution < 1.29 is 0 Å². The molecule has 0 atom stereocenters. The summed E-state index contributed by atoms with van der Waals surface area (Å²) in [5.41, 5.74) is 9.81. The molecule has 0 saturated carbocycles. The molecule has 0 spiro atoms. The Morgan fingerprint density at radius 1 is 1.27 bits per heavy atom. The third-order valence-electron chi connectivity index (χ3n) is 3.57. The molecule has 0 saturated heterocycles. The zero-order valence-corrected chi connectivity index (χ0v) is 15.6. The van der Waals surface area contributed by atoms with Gasteiger partial charge in [-0.15, -0.1) is 34.2 Å². The van der Waals surface area contributed by atoms with E-state index in [1.165, 1.54) is 24.0 Å². The number of benzene rings is 1. The summed E-state index contributed by atoms with van der Waals surface area (Å²) in [6, 6.07) is 6.41. The SMILES string of the molecule is CCc1nnc(CN=C(N)Nc2ccc3c(c2)CCC3)s1.I. The van der Waals surface area contributed by atoms with Gasteiger partial charge in [-0.25, -0.2) is 4.99 Å². The Balaban J connectivity index is 0.00000176. The monoisotopic (exact) mass is 429 g/mol. The topological polar surface area (TPSA) is 76.2 Å². The molecule has 0 unspecified atom stereocenters. The molecule has 1 aliphatic rings. The van der Waals surface area contributed by atoms with E-state index in [9.17, 15) is 0 Å². The van der Waals surface area contributed by atoms with E-state index in [1.54, 1.807) is 11.3 Å². The standard InChI is InChI=1S/C15H19N5S.HI/c1-2-13-19-20-14(21-13)9-17-15(16)18-12-7-6-10-4-3-5-11(10)8-12;/h6-8H,2-5,9H2,1H3,(H3,16,17,18);1H. The molecule has 0 bridgehead atoms.